The average molecular weight is 364 g/mol. The second-order valence-corrected chi connectivity index (χ2v) is 7.46. The van der Waals surface area contributed by atoms with Crippen molar-refractivity contribution < 1.29 is 14.3 Å². The van der Waals surface area contributed by atoms with Crippen LogP contribution in [0, 0.1) is 0 Å². The molecular formula is C12H14BrNO3S2. The van der Waals surface area contributed by atoms with E-state index in [-0.39, 0.29) is 4.08 Å². The molecule has 0 spiro atoms. The van der Waals surface area contributed by atoms with Crippen LogP contribution in [-0.4, -0.2) is 29.3 Å². The van der Waals surface area contributed by atoms with Gasteiger partial charge < -0.3 is 15.2 Å². The minimum atomic E-state index is -0.773. The van der Waals surface area contributed by atoms with Gasteiger partial charge in [0.1, 0.15) is 16.4 Å². The van der Waals surface area contributed by atoms with Gasteiger partial charge in [0.15, 0.2) is 6.10 Å². The second-order valence-electron chi connectivity index (χ2n) is 4.01. The summed E-state index contributed by atoms with van der Waals surface area (Å²) in [6.45, 7) is 0.460. The molecule has 19 heavy (non-hydrogen) atoms. The average Bonchev–Trinajstić information content (AvgIpc) is 2.39. The number of amides is 1. The molecule has 0 fully saturated rings. The van der Waals surface area contributed by atoms with Crippen LogP contribution in [-0.2, 0) is 4.74 Å². The van der Waals surface area contributed by atoms with Gasteiger partial charge in [0, 0.05) is 10.0 Å². The maximum atomic E-state index is 11.2. The second kappa shape index (κ2) is 5.85. The number of fused-ring (bicyclic) bond motifs is 1. The van der Waals surface area contributed by atoms with Crippen LogP contribution in [0.25, 0.3) is 0 Å². The zero-order chi connectivity index (χ0) is 14.0. The maximum Gasteiger partial charge on any atom is 0.405 e. The number of primary amides is 1. The van der Waals surface area contributed by atoms with Crippen LogP contribution in [0.5, 0.6) is 5.75 Å². The fraction of sp³-hybridized carbons (Fsp3) is 0.417. The van der Waals surface area contributed by atoms with E-state index in [1.165, 1.54) is 0 Å². The summed E-state index contributed by atoms with van der Waals surface area (Å²) in [5, 5.41) is 0. The Morgan fingerprint density at radius 1 is 1.53 bits per heavy atom. The highest BCUT2D eigenvalue weighted by atomic mass is 79.9. The molecule has 1 heterocycles. The van der Waals surface area contributed by atoms with Crippen LogP contribution >= 0.6 is 39.5 Å². The molecule has 104 valence electrons. The standard InChI is InChI=1S/C12H14BrNO3S2/c1-18-12(19-2)6-16-9-4-3-7(13)5-8(9)10(12)17-11(14)15/h3-5,10H,6H2,1-2H3,(H2,14,15). The molecule has 2 N–H and O–H groups in total. The van der Waals surface area contributed by atoms with Crippen molar-refractivity contribution in [2.24, 2.45) is 5.73 Å². The number of thioether (sulfide) groups is 2. The quantitative estimate of drug-likeness (QED) is 0.833. The lowest BCUT2D eigenvalue weighted by molar-refractivity contribution is 0.0733. The fourth-order valence-electron chi connectivity index (χ4n) is 2.03. The van der Waals surface area contributed by atoms with Crippen LogP contribution in [0.15, 0.2) is 22.7 Å². The number of ether oxygens (including phenoxy) is 2. The molecule has 1 aliphatic rings. The van der Waals surface area contributed by atoms with E-state index in [1.807, 2.05) is 30.7 Å². The number of hydrogen-bond donors (Lipinski definition) is 1. The smallest absolute Gasteiger partial charge is 0.405 e. The zero-order valence-corrected chi connectivity index (χ0v) is 13.7. The molecule has 7 heteroatoms. The first-order valence-electron chi connectivity index (χ1n) is 5.51. The Kier molecular flexibility index (Phi) is 4.58. The van der Waals surface area contributed by atoms with Crippen molar-refractivity contribution in [3.05, 3.63) is 28.2 Å². The number of carbonyl (C=O) groups is 1. The fourth-order valence-corrected chi connectivity index (χ4v) is 4.21. The maximum absolute atomic E-state index is 11.2. The summed E-state index contributed by atoms with van der Waals surface area (Å²) in [5.74, 6) is 0.730. The van der Waals surface area contributed by atoms with Crippen molar-refractivity contribution in [2.45, 2.75) is 10.2 Å². The van der Waals surface area contributed by atoms with Gasteiger partial charge in [-0.1, -0.05) is 15.9 Å². The van der Waals surface area contributed by atoms with E-state index in [4.69, 9.17) is 15.2 Å². The first-order chi connectivity index (χ1) is 9.02. The van der Waals surface area contributed by atoms with Crippen molar-refractivity contribution in [1.29, 1.82) is 0 Å². The van der Waals surface area contributed by atoms with Gasteiger partial charge in [-0.05, 0) is 30.7 Å². The Hall–Kier alpha value is -0.530. The number of carbonyl (C=O) groups excluding carboxylic acids is 1. The Morgan fingerprint density at radius 3 is 2.79 bits per heavy atom. The topological polar surface area (TPSA) is 61.6 Å². The van der Waals surface area contributed by atoms with E-state index >= 15 is 0 Å². The summed E-state index contributed by atoms with van der Waals surface area (Å²) in [5.41, 5.74) is 6.05. The number of benzene rings is 1. The minimum Gasteiger partial charge on any atom is -0.491 e. The number of rotatable bonds is 3. The highest BCUT2D eigenvalue weighted by molar-refractivity contribution is 9.10. The van der Waals surface area contributed by atoms with Gasteiger partial charge in [0.05, 0.1) is 0 Å². The molecule has 1 aromatic rings. The van der Waals surface area contributed by atoms with E-state index in [1.54, 1.807) is 23.5 Å². The molecule has 1 atom stereocenters. The minimum absolute atomic E-state index is 0.386. The Labute approximate surface area is 128 Å². The predicted molar refractivity (Wildman–Crippen MR) is 82.8 cm³/mol. The van der Waals surface area contributed by atoms with Gasteiger partial charge in [-0.25, -0.2) is 4.79 Å². The van der Waals surface area contributed by atoms with Gasteiger partial charge in [0.25, 0.3) is 0 Å². The molecule has 1 amide bonds. The van der Waals surface area contributed by atoms with Crippen molar-refractivity contribution >= 4 is 45.5 Å². The molecular weight excluding hydrogens is 350 g/mol. The van der Waals surface area contributed by atoms with Crippen LogP contribution < -0.4 is 10.5 Å². The molecule has 0 aliphatic carbocycles. The molecule has 1 aromatic carbocycles. The third-order valence-electron chi connectivity index (χ3n) is 3.01. The first-order valence-corrected chi connectivity index (χ1v) is 8.75. The predicted octanol–water partition coefficient (Wildman–Crippen LogP) is 3.40. The number of nitrogens with two attached hydrogens (primary N) is 1. The van der Waals surface area contributed by atoms with Crippen molar-refractivity contribution in [2.75, 3.05) is 19.1 Å². The molecule has 4 nitrogen and oxygen atoms in total. The molecule has 0 radical (unpaired) electrons. The largest absolute Gasteiger partial charge is 0.491 e. The van der Waals surface area contributed by atoms with Crippen molar-refractivity contribution in [3.8, 4) is 5.75 Å². The summed E-state index contributed by atoms with van der Waals surface area (Å²) in [6.07, 6.45) is 2.74. The summed E-state index contributed by atoms with van der Waals surface area (Å²) < 4.78 is 11.7. The lowest BCUT2D eigenvalue weighted by atomic mass is 10.0. The molecule has 1 aliphatic heterocycles. The van der Waals surface area contributed by atoms with Crippen molar-refractivity contribution in [3.63, 3.8) is 0 Å². The third kappa shape index (κ3) is 2.83. The molecule has 1 unspecified atom stereocenters. The van der Waals surface area contributed by atoms with E-state index in [2.05, 4.69) is 15.9 Å². The third-order valence-corrected chi connectivity index (χ3v) is 6.55. The lowest BCUT2D eigenvalue weighted by Crippen LogP contribution is -2.42. The highest BCUT2D eigenvalue weighted by Gasteiger charge is 2.46. The molecule has 0 aromatic heterocycles. The Bertz CT molecular complexity index is 494. The molecule has 0 saturated heterocycles. The van der Waals surface area contributed by atoms with Gasteiger partial charge in [-0.2, -0.15) is 0 Å². The monoisotopic (exact) mass is 363 g/mol. The van der Waals surface area contributed by atoms with E-state index in [9.17, 15) is 4.79 Å². The normalized spacial score (nSPS) is 20.3. The van der Waals surface area contributed by atoms with Gasteiger partial charge in [0.2, 0.25) is 0 Å². The Morgan fingerprint density at radius 2 is 2.21 bits per heavy atom. The molecule has 2 rings (SSSR count). The zero-order valence-electron chi connectivity index (χ0n) is 10.5. The number of hydrogen-bond acceptors (Lipinski definition) is 5. The van der Waals surface area contributed by atoms with E-state index < -0.39 is 12.2 Å². The lowest BCUT2D eigenvalue weighted by Gasteiger charge is -2.41. The van der Waals surface area contributed by atoms with E-state index in [0.29, 0.717) is 6.61 Å². The van der Waals surface area contributed by atoms with Gasteiger partial charge in [-0.15, -0.1) is 23.5 Å². The van der Waals surface area contributed by atoms with Crippen molar-refractivity contribution in [1.82, 2.24) is 0 Å². The molecule has 0 bridgehead atoms. The Balaban J connectivity index is 2.50. The van der Waals surface area contributed by atoms with E-state index in [0.717, 1.165) is 15.8 Å². The van der Waals surface area contributed by atoms with Crippen LogP contribution in [0.1, 0.15) is 11.7 Å². The van der Waals surface area contributed by atoms with Gasteiger partial charge >= 0.3 is 6.09 Å². The summed E-state index contributed by atoms with van der Waals surface area (Å²) in [7, 11) is 0. The van der Waals surface area contributed by atoms with Crippen LogP contribution in [0.4, 0.5) is 4.79 Å². The van der Waals surface area contributed by atoms with Crippen LogP contribution in [0.2, 0.25) is 0 Å². The summed E-state index contributed by atoms with van der Waals surface area (Å²) in [6, 6.07) is 5.66. The molecule has 0 saturated carbocycles. The highest BCUT2D eigenvalue weighted by Crippen LogP contribution is 2.52. The van der Waals surface area contributed by atoms with Crippen LogP contribution in [0.3, 0.4) is 0 Å². The number of halogens is 1. The van der Waals surface area contributed by atoms with Gasteiger partial charge in [-0.3, -0.25) is 0 Å². The summed E-state index contributed by atoms with van der Waals surface area (Å²) in [4.78, 5) is 11.2. The summed E-state index contributed by atoms with van der Waals surface area (Å²) >= 11 is 6.63. The first kappa shape index (κ1) is 14.9. The SMILES string of the molecule is CSC1(SC)COc2ccc(Br)cc2C1OC(N)=O.